The van der Waals surface area contributed by atoms with Crippen LogP contribution in [0.2, 0.25) is 0 Å². The van der Waals surface area contributed by atoms with Gasteiger partial charge in [0.25, 0.3) is 0 Å². The van der Waals surface area contributed by atoms with Gasteiger partial charge in [-0.3, -0.25) is 0 Å². The molecule has 13 heavy (non-hydrogen) atoms. The largest absolute Gasteiger partial charge is 0.349 e. The van der Waals surface area contributed by atoms with Crippen molar-refractivity contribution in [2.24, 2.45) is 0 Å². The van der Waals surface area contributed by atoms with Gasteiger partial charge in [-0.1, -0.05) is 0 Å². The summed E-state index contributed by atoms with van der Waals surface area (Å²) in [4.78, 5) is 8.07. The van der Waals surface area contributed by atoms with Gasteiger partial charge in [0.15, 0.2) is 0 Å². The maximum absolute atomic E-state index is 8.61. The molecule has 1 aliphatic carbocycles. The Bertz CT molecular complexity index is 362. The predicted molar refractivity (Wildman–Crippen MR) is 48.0 cm³/mol. The minimum Gasteiger partial charge on any atom is -0.349 e. The average molecular weight is 174 g/mol. The molecule has 1 aromatic heterocycles. The van der Waals surface area contributed by atoms with Gasteiger partial charge in [-0.15, -0.1) is 0 Å². The minimum atomic E-state index is 0.161. The van der Waals surface area contributed by atoms with E-state index in [0.717, 1.165) is 12.8 Å². The second-order valence-electron chi connectivity index (χ2n) is 3.56. The molecule has 1 heterocycles. The third kappa shape index (κ3) is 1.75. The van der Waals surface area contributed by atoms with Crippen molar-refractivity contribution in [3.05, 3.63) is 18.0 Å². The van der Waals surface area contributed by atoms with Crippen molar-refractivity contribution < 1.29 is 0 Å². The molecule has 0 unspecified atom stereocenters. The van der Waals surface area contributed by atoms with E-state index in [1.807, 2.05) is 6.07 Å². The Morgan fingerprint density at radius 1 is 1.62 bits per heavy atom. The zero-order valence-electron chi connectivity index (χ0n) is 7.41. The summed E-state index contributed by atoms with van der Waals surface area (Å²) in [6.07, 6.45) is 3.89. The molecule has 0 amide bonds. The van der Waals surface area contributed by atoms with Crippen LogP contribution in [0.4, 0.5) is 5.95 Å². The van der Waals surface area contributed by atoms with Gasteiger partial charge in [0, 0.05) is 11.7 Å². The van der Waals surface area contributed by atoms with E-state index >= 15 is 0 Å². The van der Waals surface area contributed by atoms with Crippen molar-refractivity contribution in [1.29, 1.82) is 5.26 Å². The fourth-order valence-corrected chi connectivity index (χ4v) is 1.06. The topological polar surface area (TPSA) is 61.6 Å². The van der Waals surface area contributed by atoms with Crippen LogP contribution in [0.1, 0.15) is 25.5 Å². The van der Waals surface area contributed by atoms with Crippen LogP contribution >= 0.6 is 0 Å². The summed E-state index contributed by atoms with van der Waals surface area (Å²) in [5.74, 6) is 0.555. The molecule has 0 aliphatic heterocycles. The fourth-order valence-electron chi connectivity index (χ4n) is 1.06. The summed E-state index contributed by atoms with van der Waals surface area (Å²) in [6, 6.07) is 3.58. The zero-order valence-corrected chi connectivity index (χ0v) is 7.41. The van der Waals surface area contributed by atoms with Crippen LogP contribution in [0.15, 0.2) is 12.3 Å². The molecule has 0 spiro atoms. The van der Waals surface area contributed by atoms with Crippen molar-refractivity contribution in [2.75, 3.05) is 5.32 Å². The summed E-state index contributed by atoms with van der Waals surface area (Å²) in [5.41, 5.74) is 0.565. The molecule has 1 fully saturated rings. The number of nitriles is 1. The smallest absolute Gasteiger partial charge is 0.224 e. The first-order valence-electron chi connectivity index (χ1n) is 4.23. The number of hydrogen-bond donors (Lipinski definition) is 1. The van der Waals surface area contributed by atoms with Gasteiger partial charge < -0.3 is 5.32 Å². The third-order valence-corrected chi connectivity index (χ3v) is 2.18. The van der Waals surface area contributed by atoms with Gasteiger partial charge in [0.05, 0.1) is 0 Å². The standard InChI is InChI=1S/C9H10N4/c1-9(3-4-9)13-8-11-5-2-7(6-10)12-8/h2,5H,3-4H2,1H3,(H,11,12,13). The van der Waals surface area contributed by atoms with Crippen LogP contribution in [0, 0.1) is 11.3 Å². The van der Waals surface area contributed by atoms with E-state index in [-0.39, 0.29) is 5.54 Å². The fraction of sp³-hybridized carbons (Fsp3) is 0.444. The van der Waals surface area contributed by atoms with E-state index in [2.05, 4.69) is 22.2 Å². The number of nitrogens with zero attached hydrogens (tertiary/aromatic N) is 3. The second-order valence-corrected chi connectivity index (χ2v) is 3.56. The summed E-state index contributed by atoms with van der Waals surface area (Å²) < 4.78 is 0. The lowest BCUT2D eigenvalue weighted by Crippen LogP contribution is -2.18. The number of anilines is 1. The highest BCUT2D eigenvalue weighted by Gasteiger charge is 2.37. The van der Waals surface area contributed by atoms with E-state index in [0.29, 0.717) is 11.6 Å². The Balaban J connectivity index is 2.17. The van der Waals surface area contributed by atoms with E-state index < -0.39 is 0 Å². The normalized spacial score (nSPS) is 17.5. The summed E-state index contributed by atoms with van der Waals surface area (Å²) in [7, 11) is 0. The maximum atomic E-state index is 8.61. The van der Waals surface area contributed by atoms with Gasteiger partial charge in [-0.25, -0.2) is 9.97 Å². The number of nitrogens with one attached hydrogen (secondary N) is 1. The molecule has 1 aliphatic rings. The quantitative estimate of drug-likeness (QED) is 0.734. The lowest BCUT2D eigenvalue weighted by molar-refractivity contribution is 0.809. The van der Waals surface area contributed by atoms with Gasteiger partial charge >= 0.3 is 0 Å². The Labute approximate surface area is 76.6 Å². The van der Waals surface area contributed by atoms with Crippen LogP contribution in [-0.4, -0.2) is 15.5 Å². The lowest BCUT2D eigenvalue weighted by atomic mass is 10.3. The lowest BCUT2D eigenvalue weighted by Gasteiger charge is -2.10. The SMILES string of the molecule is CC1(Nc2nccc(C#N)n2)CC1. The average Bonchev–Trinajstić information content (AvgIpc) is 2.84. The highest BCUT2D eigenvalue weighted by atomic mass is 15.2. The van der Waals surface area contributed by atoms with Gasteiger partial charge in [0.2, 0.25) is 5.95 Å². The molecule has 1 saturated carbocycles. The minimum absolute atomic E-state index is 0.161. The Morgan fingerprint density at radius 2 is 2.38 bits per heavy atom. The Hall–Kier alpha value is -1.63. The zero-order chi connectivity index (χ0) is 9.31. The van der Waals surface area contributed by atoms with E-state index in [1.165, 1.54) is 0 Å². The van der Waals surface area contributed by atoms with Crippen molar-refractivity contribution >= 4 is 5.95 Å². The van der Waals surface area contributed by atoms with Crippen LogP contribution in [0.5, 0.6) is 0 Å². The second kappa shape index (κ2) is 2.70. The predicted octanol–water partition coefficient (Wildman–Crippen LogP) is 1.31. The Morgan fingerprint density at radius 3 is 3.00 bits per heavy atom. The highest BCUT2D eigenvalue weighted by Crippen LogP contribution is 2.37. The Kier molecular flexibility index (Phi) is 1.66. The maximum Gasteiger partial charge on any atom is 0.224 e. The summed E-state index contributed by atoms with van der Waals surface area (Å²) in [6.45, 7) is 2.12. The summed E-state index contributed by atoms with van der Waals surface area (Å²) >= 11 is 0. The van der Waals surface area contributed by atoms with E-state index in [1.54, 1.807) is 12.3 Å². The van der Waals surface area contributed by atoms with Gasteiger partial charge in [-0.05, 0) is 25.8 Å². The number of rotatable bonds is 2. The van der Waals surface area contributed by atoms with E-state index in [4.69, 9.17) is 5.26 Å². The first-order valence-corrected chi connectivity index (χ1v) is 4.23. The molecule has 0 atom stereocenters. The molecule has 0 aromatic carbocycles. The molecule has 66 valence electrons. The number of hydrogen-bond acceptors (Lipinski definition) is 4. The molecule has 1 N–H and O–H groups in total. The van der Waals surface area contributed by atoms with Crippen molar-refractivity contribution in [1.82, 2.24) is 9.97 Å². The molecule has 0 saturated heterocycles. The first-order chi connectivity index (χ1) is 6.22. The van der Waals surface area contributed by atoms with Gasteiger partial charge in [-0.2, -0.15) is 5.26 Å². The molecule has 2 rings (SSSR count). The van der Waals surface area contributed by atoms with Crippen LogP contribution in [0.3, 0.4) is 0 Å². The van der Waals surface area contributed by atoms with Gasteiger partial charge in [0.1, 0.15) is 11.8 Å². The molecular formula is C9H10N4. The first kappa shape index (κ1) is 7.99. The van der Waals surface area contributed by atoms with Crippen LogP contribution < -0.4 is 5.32 Å². The molecule has 1 aromatic rings. The molecule has 0 bridgehead atoms. The highest BCUT2D eigenvalue weighted by molar-refractivity contribution is 5.35. The molecule has 0 radical (unpaired) electrons. The van der Waals surface area contributed by atoms with Crippen molar-refractivity contribution in [3.63, 3.8) is 0 Å². The molecule has 4 nitrogen and oxygen atoms in total. The molecule has 4 heteroatoms. The van der Waals surface area contributed by atoms with Crippen LogP contribution in [-0.2, 0) is 0 Å². The van der Waals surface area contributed by atoms with E-state index in [9.17, 15) is 0 Å². The third-order valence-electron chi connectivity index (χ3n) is 2.18. The van der Waals surface area contributed by atoms with Crippen molar-refractivity contribution in [3.8, 4) is 6.07 Å². The van der Waals surface area contributed by atoms with Crippen molar-refractivity contribution in [2.45, 2.75) is 25.3 Å². The summed E-state index contributed by atoms with van der Waals surface area (Å²) in [5, 5.41) is 11.8. The monoisotopic (exact) mass is 174 g/mol. The van der Waals surface area contributed by atoms with Crippen LogP contribution in [0.25, 0.3) is 0 Å². The molecular weight excluding hydrogens is 164 g/mol. The number of aromatic nitrogens is 2.